The zero-order valence-electron chi connectivity index (χ0n) is 15.4. The molecule has 2 aliphatic heterocycles. The van der Waals surface area contributed by atoms with Gasteiger partial charge in [0.25, 0.3) is 0 Å². The number of pyridine rings is 1. The van der Waals surface area contributed by atoms with Gasteiger partial charge in [0.2, 0.25) is 5.91 Å². The van der Waals surface area contributed by atoms with Gasteiger partial charge in [-0.25, -0.2) is 20.8 Å². The fourth-order valence-corrected chi connectivity index (χ4v) is 3.42. The van der Waals surface area contributed by atoms with Gasteiger partial charge in [0.15, 0.2) is 0 Å². The van der Waals surface area contributed by atoms with Gasteiger partial charge in [-0.3, -0.25) is 9.78 Å². The number of hydrazine groups is 1. The number of amides is 1. The van der Waals surface area contributed by atoms with E-state index in [-0.39, 0.29) is 23.4 Å². The van der Waals surface area contributed by atoms with Gasteiger partial charge >= 0.3 is 0 Å². The largest absolute Gasteiger partial charge is 0.331 e. The molecule has 2 aromatic heterocycles. The number of nitrogens with zero attached hydrogens (tertiary/aromatic N) is 4. The van der Waals surface area contributed by atoms with Crippen molar-refractivity contribution in [3.05, 3.63) is 53.4 Å². The lowest BCUT2D eigenvalue weighted by Crippen LogP contribution is -2.43. The van der Waals surface area contributed by atoms with Crippen LogP contribution in [0.3, 0.4) is 0 Å². The van der Waals surface area contributed by atoms with Crippen LogP contribution in [0.4, 0.5) is 0 Å². The number of carbonyl (C=O) groups excluding carboxylic acids is 1. The first-order chi connectivity index (χ1) is 12.4. The van der Waals surface area contributed by atoms with E-state index in [2.05, 4.69) is 41.6 Å². The molecule has 2 atom stereocenters. The van der Waals surface area contributed by atoms with Crippen molar-refractivity contribution in [1.29, 1.82) is 0 Å². The Hall–Kier alpha value is -2.38. The van der Waals surface area contributed by atoms with E-state index >= 15 is 0 Å². The third-order valence-corrected chi connectivity index (χ3v) is 4.95. The van der Waals surface area contributed by atoms with Gasteiger partial charge in [0, 0.05) is 42.2 Å². The lowest BCUT2D eigenvalue weighted by atomic mass is 9.95. The van der Waals surface area contributed by atoms with Crippen LogP contribution in [0.15, 0.2) is 30.7 Å². The third kappa shape index (κ3) is 3.20. The van der Waals surface area contributed by atoms with E-state index in [0.717, 1.165) is 22.6 Å². The van der Waals surface area contributed by atoms with Crippen LogP contribution in [0.5, 0.6) is 0 Å². The van der Waals surface area contributed by atoms with Crippen LogP contribution in [0.25, 0.3) is 0 Å². The summed E-state index contributed by atoms with van der Waals surface area (Å²) in [6.45, 7) is 7.43. The van der Waals surface area contributed by atoms with Crippen molar-refractivity contribution in [2.45, 2.75) is 57.8 Å². The molecule has 0 saturated carbocycles. The van der Waals surface area contributed by atoms with Crippen LogP contribution in [-0.2, 0) is 23.3 Å². The molecular formula is C19H24N6O. The maximum Gasteiger partial charge on any atom is 0.241 e. The second-order valence-corrected chi connectivity index (χ2v) is 8.02. The molecule has 4 rings (SSSR count). The first kappa shape index (κ1) is 17.1. The van der Waals surface area contributed by atoms with Crippen LogP contribution in [-0.4, -0.2) is 31.8 Å². The van der Waals surface area contributed by atoms with E-state index in [1.54, 1.807) is 12.4 Å². The zero-order chi connectivity index (χ0) is 18.3. The van der Waals surface area contributed by atoms with E-state index in [4.69, 9.17) is 4.98 Å². The summed E-state index contributed by atoms with van der Waals surface area (Å²) in [5, 5.41) is 0. The van der Waals surface area contributed by atoms with E-state index in [1.807, 2.05) is 23.2 Å². The molecule has 26 heavy (non-hydrogen) atoms. The van der Waals surface area contributed by atoms with Gasteiger partial charge in [-0.1, -0.05) is 20.8 Å². The van der Waals surface area contributed by atoms with Gasteiger partial charge in [-0.05, 0) is 24.1 Å². The van der Waals surface area contributed by atoms with Crippen molar-refractivity contribution < 1.29 is 4.79 Å². The van der Waals surface area contributed by atoms with Crippen molar-refractivity contribution in [2.75, 3.05) is 0 Å². The normalized spacial score (nSPS) is 22.5. The maximum absolute atomic E-state index is 12.9. The minimum absolute atomic E-state index is 0.0961. The Labute approximate surface area is 153 Å². The lowest BCUT2D eigenvalue weighted by molar-refractivity contribution is -0.133. The molecule has 0 radical (unpaired) electrons. The number of carbonyl (C=O) groups is 1. The number of nitrogens with one attached hydrogen (secondary N) is 2. The summed E-state index contributed by atoms with van der Waals surface area (Å²) in [5.41, 5.74) is 9.42. The molecule has 1 amide bonds. The molecule has 136 valence electrons. The van der Waals surface area contributed by atoms with Crippen molar-refractivity contribution in [2.24, 2.45) is 0 Å². The summed E-state index contributed by atoms with van der Waals surface area (Å²) in [7, 11) is 0. The molecule has 2 N–H and O–H groups in total. The second kappa shape index (κ2) is 6.41. The molecule has 2 unspecified atom stereocenters. The summed E-state index contributed by atoms with van der Waals surface area (Å²) in [5.74, 6) is 0.924. The molecular weight excluding hydrogens is 328 g/mol. The van der Waals surface area contributed by atoms with Crippen molar-refractivity contribution in [3.63, 3.8) is 0 Å². The Morgan fingerprint density at radius 3 is 2.69 bits per heavy atom. The Morgan fingerprint density at radius 1 is 1.19 bits per heavy atom. The highest BCUT2D eigenvalue weighted by molar-refractivity contribution is 5.82. The maximum atomic E-state index is 12.9. The molecule has 0 aromatic carbocycles. The fraction of sp³-hybridized carbons (Fsp3) is 0.474. The quantitative estimate of drug-likeness (QED) is 0.855. The highest BCUT2D eigenvalue weighted by Gasteiger charge is 2.36. The average molecular weight is 352 g/mol. The molecule has 2 aliphatic rings. The molecule has 7 heteroatoms. The lowest BCUT2D eigenvalue weighted by Gasteiger charge is -2.19. The summed E-state index contributed by atoms with van der Waals surface area (Å²) in [6.07, 6.45) is 6.13. The highest BCUT2D eigenvalue weighted by atomic mass is 16.2. The van der Waals surface area contributed by atoms with Crippen LogP contribution in [0.2, 0.25) is 0 Å². The molecule has 2 aromatic rings. The summed E-state index contributed by atoms with van der Waals surface area (Å²) in [6, 6.07) is 3.82. The minimum atomic E-state index is -0.238. The molecule has 0 aliphatic carbocycles. The molecule has 1 saturated heterocycles. The summed E-state index contributed by atoms with van der Waals surface area (Å²) in [4.78, 5) is 28.0. The average Bonchev–Trinajstić information content (AvgIpc) is 3.27. The smallest absolute Gasteiger partial charge is 0.241 e. The third-order valence-electron chi connectivity index (χ3n) is 4.95. The predicted octanol–water partition coefficient (Wildman–Crippen LogP) is 1.62. The highest BCUT2D eigenvalue weighted by Crippen LogP contribution is 2.27. The van der Waals surface area contributed by atoms with Gasteiger partial charge in [-0.15, -0.1) is 0 Å². The number of hydrogen-bond acceptors (Lipinski definition) is 6. The van der Waals surface area contributed by atoms with E-state index in [9.17, 15) is 4.79 Å². The molecule has 7 nitrogen and oxygen atoms in total. The van der Waals surface area contributed by atoms with Crippen LogP contribution in [0.1, 0.15) is 55.9 Å². The van der Waals surface area contributed by atoms with Gasteiger partial charge < -0.3 is 4.90 Å². The SMILES string of the molecule is CC(C)(C)c1ncc2c(n1)CN(C(=O)C1CC(c3ccncc3)NN1)C2. The van der Waals surface area contributed by atoms with E-state index in [1.165, 1.54) is 0 Å². The first-order valence-corrected chi connectivity index (χ1v) is 8.97. The number of hydrogen-bond donors (Lipinski definition) is 2. The van der Waals surface area contributed by atoms with Crippen molar-refractivity contribution >= 4 is 5.91 Å². The van der Waals surface area contributed by atoms with E-state index < -0.39 is 0 Å². The monoisotopic (exact) mass is 352 g/mol. The standard InChI is InChI=1S/C19H24N6O/c1-19(2,3)18-21-9-13-10-25(11-16(13)22-18)17(26)15-8-14(23-24-15)12-4-6-20-7-5-12/h4-7,9,14-15,23-24H,8,10-11H2,1-3H3. The van der Waals surface area contributed by atoms with E-state index in [0.29, 0.717) is 19.5 Å². The van der Waals surface area contributed by atoms with Gasteiger partial charge in [0.05, 0.1) is 12.2 Å². The molecule has 0 spiro atoms. The predicted molar refractivity (Wildman–Crippen MR) is 96.6 cm³/mol. The second-order valence-electron chi connectivity index (χ2n) is 8.02. The summed E-state index contributed by atoms with van der Waals surface area (Å²) < 4.78 is 0. The topological polar surface area (TPSA) is 83.0 Å². The Kier molecular flexibility index (Phi) is 4.20. The first-order valence-electron chi connectivity index (χ1n) is 8.97. The number of rotatable bonds is 2. The molecule has 4 heterocycles. The fourth-order valence-electron chi connectivity index (χ4n) is 3.42. The van der Waals surface area contributed by atoms with Gasteiger partial charge in [-0.2, -0.15) is 0 Å². The van der Waals surface area contributed by atoms with Crippen LogP contribution < -0.4 is 10.9 Å². The van der Waals surface area contributed by atoms with Crippen molar-refractivity contribution in [1.82, 2.24) is 30.7 Å². The number of fused-ring (bicyclic) bond motifs is 1. The van der Waals surface area contributed by atoms with Crippen LogP contribution >= 0.6 is 0 Å². The summed E-state index contributed by atoms with van der Waals surface area (Å²) >= 11 is 0. The van der Waals surface area contributed by atoms with Crippen LogP contribution in [0, 0.1) is 0 Å². The Bertz CT molecular complexity index is 817. The van der Waals surface area contributed by atoms with Gasteiger partial charge in [0.1, 0.15) is 11.9 Å². The Morgan fingerprint density at radius 2 is 1.96 bits per heavy atom. The zero-order valence-corrected chi connectivity index (χ0v) is 15.4. The molecule has 1 fully saturated rings. The van der Waals surface area contributed by atoms with Crippen molar-refractivity contribution in [3.8, 4) is 0 Å². The minimum Gasteiger partial charge on any atom is -0.331 e. The molecule has 0 bridgehead atoms. The number of aromatic nitrogens is 3. The Balaban J connectivity index is 1.44.